The number of aromatic nitrogens is 2. The van der Waals surface area contributed by atoms with Gasteiger partial charge in [0.15, 0.2) is 9.84 Å². The molecule has 0 atom stereocenters. The van der Waals surface area contributed by atoms with Gasteiger partial charge in [-0.2, -0.15) is 0 Å². The van der Waals surface area contributed by atoms with Gasteiger partial charge in [-0.3, -0.25) is 0 Å². The summed E-state index contributed by atoms with van der Waals surface area (Å²) in [6.07, 6.45) is 2.85. The third-order valence-electron chi connectivity index (χ3n) is 4.51. The number of piperazine rings is 1. The maximum absolute atomic E-state index is 14.4. The first-order valence-corrected chi connectivity index (χ1v) is 10.5. The number of hydrogen-bond donors (Lipinski definition) is 0. The van der Waals surface area contributed by atoms with Gasteiger partial charge in [0.1, 0.15) is 5.82 Å². The molecule has 26 heavy (non-hydrogen) atoms. The minimum atomic E-state index is -3.41. The molecule has 1 aromatic heterocycles. The van der Waals surface area contributed by atoms with E-state index in [1.165, 1.54) is 12.1 Å². The van der Waals surface area contributed by atoms with E-state index in [0.717, 1.165) is 18.0 Å². The van der Waals surface area contributed by atoms with E-state index in [-0.39, 0.29) is 4.90 Å². The monoisotopic (exact) mass is 378 g/mol. The number of rotatable bonds is 4. The van der Waals surface area contributed by atoms with Crippen LogP contribution in [-0.4, -0.2) is 50.8 Å². The van der Waals surface area contributed by atoms with Gasteiger partial charge in [-0.15, -0.1) is 0 Å². The van der Waals surface area contributed by atoms with Crippen LogP contribution in [0.15, 0.2) is 35.4 Å². The van der Waals surface area contributed by atoms with Crippen molar-refractivity contribution in [1.29, 1.82) is 0 Å². The number of nitrogens with zero attached hydrogens (tertiary/aromatic N) is 4. The highest BCUT2D eigenvalue weighted by molar-refractivity contribution is 7.90. The van der Waals surface area contributed by atoms with Crippen molar-refractivity contribution in [3.8, 4) is 0 Å². The Morgan fingerprint density at radius 2 is 1.73 bits per heavy atom. The van der Waals surface area contributed by atoms with Crippen molar-refractivity contribution in [2.45, 2.75) is 24.7 Å². The molecule has 2 heterocycles. The molecule has 1 fully saturated rings. The molecule has 0 saturated carbocycles. The Morgan fingerprint density at radius 1 is 1.08 bits per heavy atom. The third kappa shape index (κ3) is 3.95. The summed E-state index contributed by atoms with van der Waals surface area (Å²) in [5.74, 6) is 0.517. The Hall–Kier alpha value is -2.22. The molecule has 140 valence electrons. The highest BCUT2D eigenvalue weighted by Crippen LogP contribution is 2.25. The maximum Gasteiger partial charge on any atom is 0.225 e. The van der Waals surface area contributed by atoms with Gasteiger partial charge < -0.3 is 9.80 Å². The van der Waals surface area contributed by atoms with Gasteiger partial charge in [-0.05, 0) is 30.2 Å². The molecule has 0 amide bonds. The second-order valence-electron chi connectivity index (χ2n) is 6.80. The predicted octanol–water partition coefficient (Wildman–Crippen LogP) is 2.47. The summed E-state index contributed by atoms with van der Waals surface area (Å²) >= 11 is 0. The number of sulfone groups is 1. The van der Waals surface area contributed by atoms with Gasteiger partial charge in [0.25, 0.3) is 0 Å². The smallest absolute Gasteiger partial charge is 0.225 e. The normalized spacial score (nSPS) is 15.6. The standard InChI is InChI=1S/C18H23FN4O2S/c1-13(2)16-6-7-20-18(21-16)23-10-8-22(9-11-23)17-5-4-14(12-15(17)19)26(3,24)25/h4-7,12-13H,8-11H2,1-3H3. The van der Waals surface area contributed by atoms with Crippen LogP contribution in [0.4, 0.5) is 16.0 Å². The van der Waals surface area contributed by atoms with E-state index in [2.05, 4.69) is 28.7 Å². The van der Waals surface area contributed by atoms with E-state index < -0.39 is 15.7 Å². The number of hydrogen-bond acceptors (Lipinski definition) is 6. The second kappa shape index (κ2) is 7.19. The molecule has 0 radical (unpaired) electrons. The minimum absolute atomic E-state index is 0.00344. The van der Waals surface area contributed by atoms with Crippen molar-refractivity contribution < 1.29 is 12.8 Å². The summed E-state index contributed by atoms with van der Waals surface area (Å²) in [6.45, 7) is 6.76. The van der Waals surface area contributed by atoms with Crippen molar-refractivity contribution >= 4 is 21.5 Å². The maximum atomic E-state index is 14.4. The molecule has 2 aromatic rings. The first-order valence-electron chi connectivity index (χ1n) is 8.58. The molecule has 8 heteroatoms. The van der Waals surface area contributed by atoms with E-state index >= 15 is 0 Å². The molecule has 0 bridgehead atoms. The lowest BCUT2D eigenvalue weighted by molar-refractivity contribution is 0.584. The zero-order valence-corrected chi connectivity index (χ0v) is 16.0. The second-order valence-corrected chi connectivity index (χ2v) is 8.81. The molecule has 1 aliphatic heterocycles. The predicted molar refractivity (Wildman–Crippen MR) is 100 cm³/mol. The number of halogens is 1. The molecule has 0 N–H and O–H groups in total. The third-order valence-corrected chi connectivity index (χ3v) is 5.62. The largest absolute Gasteiger partial charge is 0.366 e. The van der Waals surface area contributed by atoms with Gasteiger partial charge in [0.05, 0.1) is 10.6 Å². The fourth-order valence-electron chi connectivity index (χ4n) is 2.96. The van der Waals surface area contributed by atoms with E-state index in [4.69, 9.17) is 0 Å². The first-order chi connectivity index (χ1) is 12.3. The Balaban J connectivity index is 1.72. The molecule has 1 aromatic carbocycles. The Morgan fingerprint density at radius 3 is 2.31 bits per heavy atom. The number of benzene rings is 1. The van der Waals surface area contributed by atoms with Crippen LogP contribution in [0.3, 0.4) is 0 Å². The van der Waals surface area contributed by atoms with Crippen LogP contribution in [0.1, 0.15) is 25.5 Å². The molecular weight excluding hydrogens is 355 g/mol. The lowest BCUT2D eigenvalue weighted by Gasteiger charge is -2.36. The van der Waals surface area contributed by atoms with E-state index in [9.17, 15) is 12.8 Å². The average Bonchev–Trinajstić information content (AvgIpc) is 2.61. The van der Waals surface area contributed by atoms with Crippen LogP contribution in [0, 0.1) is 5.82 Å². The molecule has 1 saturated heterocycles. The Kier molecular flexibility index (Phi) is 5.13. The van der Waals surface area contributed by atoms with Crippen molar-refractivity contribution in [2.75, 3.05) is 42.2 Å². The van der Waals surface area contributed by atoms with Crippen molar-refractivity contribution in [3.63, 3.8) is 0 Å². The summed E-state index contributed by atoms with van der Waals surface area (Å²) in [6, 6.07) is 6.00. The van der Waals surface area contributed by atoms with Crippen molar-refractivity contribution in [3.05, 3.63) is 42.0 Å². The topological polar surface area (TPSA) is 66.4 Å². The molecule has 1 aliphatic rings. The lowest BCUT2D eigenvalue weighted by Crippen LogP contribution is -2.47. The fourth-order valence-corrected chi connectivity index (χ4v) is 3.59. The van der Waals surface area contributed by atoms with Crippen LogP contribution < -0.4 is 9.80 Å². The summed E-state index contributed by atoms with van der Waals surface area (Å²) in [5.41, 5.74) is 1.42. The first kappa shape index (κ1) is 18.6. The highest BCUT2D eigenvalue weighted by atomic mass is 32.2. The van der Waals surface area contributed by atoms with Crippen molar-refractivity contribution in [1.82, 2.24) is 9.97 Å². The van der Waals surface area contributed by atoms with Gasteiger partial charge in [-0.25, -0.2) is 22.8 Å². The van der Waals surface area contributed by atoms with Gasteiger partial charge in [0.2, 0.25) is 5.95 Å². The molecule has 3 rings (SSSR count). The highest BCUT2D eigenvalue weighted by Gasteiger charge is 2.22. The molecular formula is C18H23FN4O2S. The van der Waals surface area contributed by atoms with Crippen LogP contribution in [-0.2, 0) is 9.84 Å². The van der Waals surface area contributed by atoms with Crippen LogP contribution >= 0.6 is 0 Å². The van der Waals surface area contributed by atoms with E-state index in [1.807, 2.05) is 11.0 Å². The zero-order chi connectivity index (χ0) is 18.9. The molecule has 0 aliphatic carbocycles. The lowest BCUT2D eigenvalue weighted by atomic mass is 10.1. The molecule has 0 spiro atoms. The van der Waals surface area contributed by atoms with Gasteiger partial charge in [-0.1, -0.05) is 13.8 Å². The van der Waals surface area contributed by atoms with Crippen LogP contribution in [0.5, 0.6) is 0 Å². The summed E-state index contributed by atoms with van der Waals surface area (Å²) < 4.78 is 37.5. The Labute approximate surface area is 153 Å². The van der Waals surface area contributed by atoms with Gasteiger partial charge in [0, 0.05) is 44.3 Å². The average molecular weight is 378 g/mol. The Bertz CT molecular complexity index is 894. The van der Waals surface area contributed by atoms with E-state index in [0.29, 0.717) is 43.7 Å². The molecule has 6 nitrogen and oxygen atoms in total. The van der Waals surface area contributed by atoms with Crippen LogP contribution in [0.2, 0.25) is 0 Å². The quantitative estimate of drug-likeness (QED) is 0.814. The number of anilines is 2. The van der Waals surface area contributed by atoms with Gasteiger partial charge >= 0.3 is 0 Å². The van der Waals surface area contributed by atoms with Crippen LogP contribution in [0.25, 0.3) is 0 Å². The van der Waals surface area contributed by atoms with Crippen molar-refractivity contribution in [2.24, 2.45) is 0 Å². The molecule has 0 unspecified atom stereocenters. The zero-order valence-electron chi connectivity index (χ0n) is 15.2. The minimum Gasteiger partial charge on any atom is -0.366 e. The summed E-state index contributed by atoms with van der Waals surface area (Å²) in [4.78, 5) is 13.0. The fraction of sp³-hybridized carbons (Fsp3) is 0.444. The summed E-state index contributed by atoms with van der Waals surface area (Å²) in [7, 11) is -3.41. The SMILES string of the molecule is CC(C)c1ccnc(N2CCN(c3ccc(S(C)(=O)=O)cc3F)CC2)n1. The summed E-state index contributed by atoms with van der Waals surface area (Å²) in [5, 5.41) is 0. The van der Waals surface area contributed by atoms with E-state index in [1.54, 1.807) is 6.20 Å².